The average molecular weight is 331 g/mol. The van der Waals surface area contributed by atoms with Crippen molar-refractivity contribution in [3.8, 4) is 0 Å². The number of rotatable bonds is 4. The third kappa shape index (κ3) is 2.45. The maximum absolute atomic E-state index is 13.2. The molecule has 2 heterocycles. The third-order valence-corrected chi connectivity index (χ3v) is 7.44. The van der Waals surface area contributed by atoms with Crippen LogP contribution in [0.2, 0.25) is 0 Å². The first kappa shape index (κ1) is 15.8. The summed E-state index contributed by atoms with van der Waals surface area (Å²) in [7, 11) is -1.54. The van der Waals surface area contributed by atoms with Gasteiger partial charge in [0.1, 0.15) is 4.75 Å². The van der Waals surface area contributed by atoms with E-state index in [2.05, 4.69) is 0 Å². The molecule has 1 aromatic carbocycles. The second-order valence-corrected chi connectivity index (χ2v) is 8.67. The third-order valence-electron chi connectivity index (χ3n) is 4.84. The minimum Gasteiger partial charge on any atom is -0.384 e. The van der Waals surface area contributed by atoms with Gasteiger partial charge in [0.15, 0.2) is 21.5 Å². The molecule has 22 heavy (non-hydrogen) atoms. The van der Waals surface area contributed by atoms with Gasteiger partial charge in [-0.25, -0.2) is 17.2 Å². The van der Waals surface area contributed by atoms with Gasteiger partial charge in [0.05, 0.1) is 12.4 Å². The molecule has 4 nitrogen and oxygen atoms in total. The van der Waals surface area contributed by atoms with Gasteiger partial charge in [-0.1, -0.05) is 6.07 Å². The quantitative estimate of drug-likeness (QED) is 0.841. The van der Waals surface area contributed by atoms with Crippen molar-refractivity contribution in [3.05, 3.63) is 35.4 Å². The Morgan fingerprint density at radius 1 is 1.32 bits per heavy atom. The number of hydrogen-bond donors (Lipinski definition) is 0. The predicted octanol–water partition coefficient (Wildman–Crippen LogP) is 1.60. The van der Waals surface area contributed by atoms with Crippen molar-refractivity contribution in [1.29, 1.82) is 0 Å². The summed E-state index contributed by atoms with van der Waals surface area (Å²) in [5, 5.41) is 0. The van der Waals surface area contributed by atoms with Crippen LogP contribution < -0.4 is 0 Å². The van der Waals surface area contributed by atoms with Crippen molar-refractivity contribution in [2.45, 2.75) is 17.7 Å². The second-order valence-electron chi connectivity index (χ2n) is 6.22. The minimum atomic E-state index is -3.12. The maximum Gasteiger partial charge on any atom is 0.159 e. The number of methoxy groups -OCH3 is 1. The van der Waals surface area contributed by atoms with Crippen molar-refractivity contribution in [2.24, 2.45) is 5.92 Å². The highest BCUT2D eigenvalue weighted by atomic mass is 32.2. The van der Waals surface area contributed by atoms with Crippen molar-refractivity contribution in [1.82, 2.24) is 4.90 Å². The van der Waals surface area contributed by atoms with Gasteiger partial charge in [-0.3, -0.25) is 4.90 Å². The first-order valence-corrected chi connectivity index (χ1v) is 8.91. The fourth-order valence-electron chi connectivity index (χ4n) is 3.63. The molecule has 0 saturated carbocycles. The Balaban J connectivity index is 1.70. The van der Waals surface area contributed by atoms with E-state index >= 15 is 0 Å². The summed E-state index contributed by atoms with van der Waals surface area (Å²) < 4.78 is 55.3. The van der Waals surface area contributed by atoms with Crippen molar-refractivity contribution >= 4 is 9.84 Å². The van der Waals surface area contributed by atoms with Crippen LogP contribution in [0.1, 0.15) is 12.0 Å². The molecule has 0 unspecified atom stereocenters. The van der Waals surface area contributed by atoms with E-state index in [1.54, 1.807) is 7.11 Å². The number of halogens is 2. The molecule has 2 fully saturated rings. The Bertz CT molecular complexity index is 671. The van der Waals surface area contributed by atoms with Crippen molar-refractivity contribution in [3.63, 3.8) is 0 Å². The summed E-state index contributed by atoms with van der Waals surface area (Å²) in [5.74, 6) is -1.52. The lowest BCUT2D eigenvalue weighted by Crippen LogP contribution is -2.67. The molecule has 1 spiro atoms. The lowest BCUT2D eigenvalue weighted by Gasteiger charge is -2.50. The normalized spacial score (nSPS) is 26.2. The topological polar surface area (TPSA) is 46.6 Å². The Kier molecular flexibility index (Phi) is 3.99. The minimum absolute atomic E-state index is 0.0173. The Morgan fingerprint density at radius 3 is 2.68 bits per heavy atom. The summed E-state index contributed by atoms with van der Waals surface area (Å²) in [4.78, 5) is 1.96. The lowest BCUT2D eigenvalue weighted by atomic mass is 9.83. The molecule has 0 amide bonds. The number of ether oxygens (including phenoxy) is 1. The van der Waals surface area contributed by atoms with Crippen LogP contribution in [0.15, 0.2) is 18.2 Å². The van der Waals surface area contributed by atoms with Crippen molar-refractivity contribution in [2.75, 3.05) is 32.6 Å². The van der Waals surface area contributed by atoms with Gasteiger partial charge in [-0.15, -0.1) is 0 Å². The van der Waals surface area contributed by atoms with E-state index < -0.39 is 26.2 Å². The lowest BCUT2D eigenvalue weighted by molar-refractivity contribution is 0.0411. The van der Waals surface area contributed by atoms with Crippen LogP contribution in [0.5, 0.6) is 0 Å². The van der Waals surface area contributed by atoms with E-state index in [9.17, 15) is 17.2 Å². The zero-order chi connectivity index (χ0) is 16.0. The average Bonchev–Trinajstić information content (AvgIpc) is 2.67. The summed E-state index contributed by atoms with van der Waals surface area (Å²) in [5.41, 5.74) is 0.646. The molecule has 2 aliphatic heterocycles. The van der Waals surface area contributed by atoms with Crippen LogP contribution in [-0.4, -0.2) is 50.6 Å². The molecule has 122 valence electrons. The maximum atomic E-state index is 13.2. The second kappa shape index (κ2) is 5.54. The number of benzene rings is 1. The number of likely N-dealkylation sites (tertiary alicyclic amines) is 1. The van der Waals surface area contributed by atoms with E-state index in [4.69, 9.17) is 4.74 Å². The van der Waals surface area contributed by atoms with Gasteiger partial charge in [-0.05, 0) is 24.1 Å². The van der Waals surface area contributed by atoms with Crippen LogP contribution in [0.3, 0.4) is 0 Å². The summed E-state index contributed by atoms with van der Waals surface area (Å²) >= 11 is 0. The van der Waals surface area contributed by atoms with E-state index in [1.165, 1.54) is 6.07 Å². The first-order valence-electron chi connectivity index (χ1n) is 7.25. The molecule has 1 atom stereocenters. The van der Waals surface area contributed by atoms with Gasteiger partial charge >= 0.3 is 0 Å². The zero-order valence-electron chi connectivity index (χ0n) is 12.4. The van der Waals surface area contributed by atoms with Gasteiger partial charge in [-0.2, -0.15) is 0 Å². The summed E-state index contributed by atoms with van der Waals surface area (Å²) in [6.45, 7) is 1.73. The largest absolute Gasteiger partial charge is 0.384 e. The summed E-state index contributed by atoms with van der Waals surface area (Å²) in [6.07, 6.45) is 0.634. The van der Waals surface area contributed by atoms with Crippen LogP contribution >= 0.6 is 0 Å². The molecule has 2 aliphatic rings. The molecule has 0 aromatic heterocycles. The van der Waals surface area contributed by atoms with Gasteiger partial charge in [0, 0.05) is 32.7 Å². The highest BCUT2D eigenvalue weighted by Crippen LogP contribution is 2.45. The van der Waals surface area contributed by atoms with Gasteiger partial charge in [0.25, 0.3) is 0 Å². The monoisotopic (exact) mass is 331 g/mol. The first-order chi connectivity index (χ1) is 10.4. The fraction of sp³-hybridized carbons (Fsp3) is 0.600. The van der Waals surface area contributed by atoms with E-state index in [0.29, 0.717) is 38.2 Å². The van der Waals surface area contributed by atoms with Crippen LogP contribution in [0.25, 0.3) is 0 Å². The number of sulfone groups is 1. The smallest absolute Gasteiger partial charge is 0.159 e. The zero-order valence-corrected chi connectivity index (χ0v) is 13.2. The van der Waals surface area contributed by atoms with Crippen LogP contribution in [-0.2, 0) is 21.1 Å². The van der Waals surface area contributed by atoms with Crippen LogP contribution in [0, 0.1) is 17.6 Å². The predicted molar refractivity (Wildman–Crippen MR) is 78.1 cm³/mol. The molecule has 1 aromatic rings. The van der Waals surface area contributed by atoms with Gasteiger partial charge in [0.2, 0.25) is 0 Å². The van der Waals surface area contributed by atoms with Crippen molar-refractivity contribution < 1.29 is 21.9 Å². The SMILES string of the molecule is COC[C@@H]1CCS(=O)(=O)C12CN(Cc1ccc(F)c(F)c1)C2. The molecule has 0 radical (unpaired) electrons. The van der Waals surface area contributed by atoms with E-state index in [0.717, 1.165) is 12.1 Å². The Morgan fingerprint density at radius 2 is 2.05 bits per heavy atom. The highest BCUT2D eigenvalue weighted by molar-refractivity contribution is 7.93. The molecular weight excluding hydrogens is 312 g/mol. The molecular formula is C15H19F2NO3S. The summed E-state index contributed by atoms with van der Waals surface area (Å²) in [6, 6.07) is 3.79. The molecule has 0 bridgehead atoms. The molecule has 7 heteroatoms. The van der Waals surface area contributed by atoms with E-state index in [-0.39, 0.29) is 11.7 Å². The highest BCUT2D eigenvalue weighted by Gasteiger charge is 2.61. The molecule has 3 rings (SSSR count). The Hall–Kier alpha value is -1.05. The van der Waals surface area contributed by atoms with E-state index in [1.807, 2.05) is 4.90 Å². The standard InChI is InChI=1S/C15H19F2NO3S/c1-21-8-12-4-5-22(19,20)15(12)9-18(10-15)7-11-2-3-13(16)14(17)6-11/h2-3,6,12H,4-5,7-10H2,1H3/t12-/m0/s1. The van der Waals surface area contributed by atoms with Gasteiger partial charge < -0.3 is 4.74 Å². The number of nitrogens with zero attached hydrogens (tertiary/aromatic N) is 1. The molecule has 0 N–H and O–H groups in total. The molecule has 2 saturated heterocycles. The number of hydrogen-bond acceptors (Lipinski definition) is 4. The fourth-order valence-corrected chi connectivity index (χ4v) is 6.08. The molecule has 0 aliphatic carbocycles. The Labute approximate surface area is 129 Å². The van der Waals surface area contributed by atoms with Crippen LogP contribution in [0.4, 0.5) is 8.78 Å².